The van der Waals surface area contributed by atoms with E-state index in [-0.39, 0.29) is 12.4 Å². The largest absolute Gasteiger partial charge is 0.493 e. The first-order valence-corrected chi connectivity index (χ1v) is 6.51. The van der Waals surface area contributed by atoms with E-state index in [0.717, 1.165) is 12.0 Å². The summed E-state index contributed by atoms with van der Waals surface area (Å²) < 4.78 is 24.3. The standard InChI is InChI=1S/C16H18FNO2/c1-3-11-4-6-15(16(8-11)19-2)20-14-7-5-13(17)9-12(14)10-18/h4-9H,3,10,18H2,1-2H3. The Kier molecular flexibility index (Phi) is 4.58. The van der Waals surface area contributed by atoms with Crippen LogP contribution in [0.4, 0.5) is 4.39 Å². The normalized spacial score (nSPS) is 10.4. The molecule has 2 aromatic rings. The van der Waals surface area contributed by atoms with Crippen molar-refractivity contribution in [1.82, 2.24) is 0 Å². The van der Waals surface area contributed by atoms with Gasteiger partial charge in [0.25, 0.3) is 0 Å². The zero-order chi connectivity index (χ0) is 14.5. The van der Waals surface area contributed by atoms with Gasteiger partial charge in [-0.25, -0.2) is 4.39 Å². The van der Waals surface area contributed by atoms with Crippen molar-refractivity contribution in [3.8, 4) is 17.2 Å². The fraction of sp³-hybridized carbons (Fsp3) is 0.250. The van der Waals surface area contributed by atoms with E-state index in [4.69, 9.17) is 15.2 Å². The maximum Gasteiger partial charge on any atom is 0.169 e. The number of benzene rings is 2. The highest BCUT2D eigenvalue weighted by molar-refractivity contribution is 5.47. The lowest BCUT2D eigenvalue weighted by atomic mass is 10.1. The second kappa shape index (κ2) is 6.39. The van der Waals surface area contributed by atoms with Gasteiger partial charge in [-0.3, -0.25) is 0 Å². The van der Waals surface area contributed by atoms with E-state index in [1.807, 2.05) is 18.2 Å². The Balaban J connectivity index is 2.34. The Hall–Kier alpha value is -2.07. The first-order chi connectivity index (χ1) is 9.67. The smallest absolute Gasteiger partial charge is 0.169 e. The summed E-state index contributed by atoms with van der Waals surface area (Å²) in [6.07, 6.45) is 0.918. The highest BCUT2D eigenvalue weighted by Crippen LogP contribution is 2.34. The van der Waals surface area contributed by atoms with Gasteiger partial charge in [0.05, 0.1) is 7.11 Å². The quantitative estimate of drug-likeness (QED) is 0.906. The maximum atomic E-state index is 13.2. The molecule has 0 aromatic heterocycles. The molecule has 0 fully saturated rings. The van der Waals surface area contributed by atoms with Crippen molar-refractivity contribution in [1.29, 1.82) is 0 Å². The third-order valence-electron chi connectivity index (χ3n) is 3.10. The molecule has 106 valence electrons. The second-order valence-electron chi connectivity index (χ2n) is 4.40. The Bertz CT molecular complexity index is 599. The average Bonchev–Trinajstić information content (AvgIpc) is 2.49. The van der Waals surface area contributed by atoms with Crippen LogP contribution >= 0.6 is 0 Å². The van der Waals surface area contributed by atoms with E-state index in [0.29, 0.717) is 22.8 Å². The predicted octanol–water partition coefficient (Wildman–Crippen LogP) is 3.65. The van der Waals surface area contributed by atoms with Crippen LogP contribution in [-0.2, 0) is 13.0 Å². The molecule has 20 heavy (non-hydrogen) atoms. The Morgan fingerprint density at radius 1 is 1.05 bits per heavy atom. The first-order valence-electron chi connectivity index (χ1n) is 6.51. The molecule has 0 radical (unpaired) electrons. The number of methoxy groups -OCH3 is 1. The zero-order valence-corrected chi connectivity index (χ0v) is 11.7. The minimum Gasteiger partial charge on any atom is -0.493 e. The van der Waals surface area contributed by atoms with Gasteiger partial charge < -0.3 is 15.2 Å². The minimum atomic E-state index is -0.328. The van der Waals surface area contributed by atoms with Crippen LogP contribution < -0.4 is 15.2 Å². The molecule has 0 saturated carbocycles. The zero-order valence-electron chi connectivity index (χ0n) is 11.7. The summed E-state index contributed by atoms with van der Waals surface area (Å²) in [4.78, 5) is 0. The van der Waals surface area contributed by atoms with Gasteiger partial charge in [0.1, 0.15) is 11.6 Å². The SMILES string of the molecule is CCc1ccc(Oc2ccc(F)cc2CN)c(OC)c1. The molecule has 2 aromatic carbocycles. The van der Waals surface area contributed by atoms with Gasteiger partial charge in [-0.1, -0.05) is 13.0 Å². The van der Waals surface area contributed by atoms with E-state index in [1.54, 1.807) is 13.2 Å². The number of aryl methyl sites for hydroxylation is 1. The van der Waals surface area contributed by atoms with Gasteiger partial charge in [-0.05, 0) is 42.3 Å². The molecular weight excluding hydrogens is 257 g/mol. The number of hydrogen-bond acceptors (Lipinski definition) is 3. The molecular formula is C16H18FNO2. The van der Waals surface area contributed by atoms with E-state index in [1.165, 1.54) is 12.1 Å². The highest BCUT2D eigenvalue weighted by atomic mass is 19.1. The first kappa shape index (κ1) is 14.3. The molecule has 0 aliphatic rings. The topological polar surface area (TPSA) is 44.5 Å². The number of ether oxygens (including phenoxy) is 2. The Morgan fingerprint density at radius 2 is 1.80 bits per heavy atom. The van der Waals surface area contributed by atoms with Crippen molar-refractivity contribution in [2.45, 2.75) is 19.9 Å². The van der Waals surface area contributed by atoms with E-state index in [9.17, 15) is 4.39 Å². The Labute approximate surface area is 118 Å². The summed E-state index contributed by atoms with van der Waals surface area (Å²) >= 11 is 0. The van der Waals surface area contributed by atoms with Gasteiger partial charge in [0.2, 0.25) is 0 Å². The molecule has 0 unspecified atom stereocenters. The van der Waals surface area contributed by atoms with Crippen LogP contribution in [0.5, 0.6) is 17.2 Å². The molecule has 4 heteroatoms. The second-order valence-corrected chi connectivity index (χ2v) is 4.40. The molecule has 0 aliphatic heterocycles. The molecule has 2 rings (SSSR count). The summed E-state index contributed by atoms with van der Waals surface area (Å²) in [7, 11) is 1.59. The molecule has 3 nitrogen and oxygen atoms in total. The van der Waals surface area contributed by atoms with Gasteiger partial charge in [0, 0.05) is 12.1 Å². The van der Waals surface area contributed by atoms with Crippen LogP contribution in [0.15, 0.2) is 36.4 Å². The van der Waals surface area contributed by atoms with Gasteiger partial charge >= 0.3 is 0 Å². The molecule has 0 saturated heterocycles. The van der Waals surface area contributed by atoms with Crippen molar-refractivity contribution in [2.75, 3.05) is 7.11 Å². The van der Waals surface area contributed by atoms with E-state index < -0.39 is 0 Å². The summed E-state index contributed by atoms with van der Waals surface area (Å²) in [6, 6.07) is 10.1. The molecule has 0 aliphatic carbocycles. The van der Waals surface area contributed by atoms with Crippen molar-refractivity contribution >= 4 is 0 Å². The predicted molar refractivity (Wildman–Crippen MR) is 76.7 cm³/mol. The number of hydrogen-bond donors (Lipinski definition) is 1. The van der Waals surface area contributed by atoms with E-state index in [2.05, 4.69) is 6.92 Å². The van der Waals surface area contributed by atoms with Crippen molar-refractivity contribution in [3.63, 3.8) is 0 Å². The van der Waals surface area contributed by atoms with Crippen molar-refractivity contribution in [2.24, 2.45) is 5.73 Å². The monoisotopic (exact) mass is 275 g/mol. The fourth-order valence-corrected chi connectivity index (χ4v) is 1.94. The molecule has 2 N–H and O–H groups in total. The molecule has 0 atom stereocenters. The van der Waals surface area contributed by atoms with Gasteiger partial charge in [-0.2, -0.15) is 0 Å². The van der Waals surface area contributed by atoms with E-state index >= 15 is 0 Å². The number of rotatable bonds is 5. The molecule has 0 spiro atoms. The lowest BCUT2D eigenvalue weighted by Gasteiger charge is -2.14. The molecule has 0 bridgehead atoms. The Morgan fingerprint density at radius 3 is 2.45 bits per heavy atom. The van der Waals surface area contributed by atoms with Crippen molar-refractivity contribution in [3.05, 3.63) is 53.3 Å². The van der Waals surface area contributed by atoms with Crippen LogP contribution in [0.3, 0.4) is 0 Å². The van der Waals surface area contributed by atoms with Crippen LogP contribution in [0.1, 0.15) is 18.1 Å². The number of halogens is 1. The summed E-state index contributed by atoms with van der Waals surface area (Å²) in [5, 5.41) is 0. The van der Waals surface area contributed by atoms with Gasteiger partial charge in [0.15, 0.2) is 11.5 Å². The molecule has 0 heterocycles. The lowest BCUT2D eigenvalue weighted by molar-refractivity contribution is 0.377. The highest BCUT2D eigenvalue weighted by Gasteiger charge is 2.10. The number of nitrogens with two attached hydrogens (primary N) is 1. The summed E-state index contributed by atoms with van der Waals surface area (Å²) in [5.74, 6) is 1.45. The molecule has 0 amide bonds. The van der Waals surface area contributed by atoms with Crippen LogP contribution in [0.25, 0.3) is 0 Å². The minimum absolute atomic E-state index is 0.211. The van der Waals surface area contributed by atoms with Crippen molar-refractivity contribution < 1.29 is 13.9 Å². The van der Waals surface area contributed by atoms with Crippen LogP contribution in [-0.4, -0.2) is 7.11 Å². The summed E-state index contributed by atoms with van der Waals surface area (Å²) in [6.45, 7) is 2.28. The third kappa shape index (κ3) is 3.08. The fourth-order valence-electron chi connectivity index (χ4n) is 1.94. The van der Waals surface area contributed by atoms with Crippen LogP contribution in [0.2, 0.25) is 0 Å². The third-order valence-corrected chi connectivity index (χ3v) is 3.10. The van der Waals surface area contributed by atoms with Crippen LogP contribution in [0, 0.1) is 5.82 Å². The lowest BCUT2D eigenvalue weighted by Crippen LogP contribution is -2.01. The summed E-state index contributed by atoms with van der Waals surface area (Å²) in [5.41, 5.74) is 7.39. The average molecular weight is 275 g/mol. The van der Waals surface area contributed by atoms with Gasteiger partial charge in [-0.15, -0.1) is 0 Å². The maximum absolute atomic E-state index is 13.2.